The van der Waals surface area contributed by atoms with Crippen molar-refractivity contribution in [2.75, 3.05) is 37.4 Å². The lowest BCUT2D eigenvalue weighted by Crippen LogP contribution is -2.34. The van der Waals surface area contributed by atoms with Gasteiger partial charge in [0.2, 0.25) is 5.91 Å². The largest absolute Gasteiger partial charge is 0.495 e. The normalized spacial score (nSPS) is 11.6. The number of nitrogens with one attached hydrogen (secondary N) is 3. The summed E-state index contributed by atoms with van der Waals surface area (Å²) in [6.07, 6.45) is 7.16. The maximum atomic E-state index is 12.7. The quantitative estimate of drug-likeness (QED) is 0.198. The van der Waals surface area contributed by atoms with Crippen LogP contribution in [0.25, 0.3) is 0 Å². The van der Waals surface area contributed by atoms with Crippen molar-refractivity contribution in [3.63, 3.8) is 0 Å². The standard InChI is InChI=1S/C30H40N6O5/c1-4-28(37)32-25(12-17-35(18-13-29(38)39)15-7-16-36-19-14-31-21-36)23-10-11-26(27(20-23)41-3)34-30(40)33-24-9-6-5-8-22(24)2/h5-6,8-11,14,19-21,25H,4,7,12-13,15-18H2,1-3H3,(H,32,37)(H,38,39)(H2,33,34,40). The molecular formula is C30H40N6O5. The van der Waals surface area contributed by atoms with E-state index in [0.29, 0.717) is 49.6 Å². The second-order valence-electron chi connectivity index (χ2n) is 9.76. The van der Waals surface area contributed by atoms with E-state index >= 15 is 0 Å². The van der Waals surface area contributed by atoms with Crippen LogP contribution >= 0.6 is 0 Å². The van der Waals surface area contributed by atoms with Gasteiger partial charge in [0.15, 0.2) is 0 Å². The van der Waals surface area contributed by atoms with Gasteiger partial charge in [0.05, 0.1) is 31.6 Å². The van der Waals surface area contributed by atoms with Gasteiger partial charge in [-0.15, -0.1) is 0 Å². The first-order chi connectivity index (χ1) is 19.8. The fourth-order valence-corrected chi connectivity index (χ4v) is 4.43. The molecule has 2 aromatic carbocycles. The van der Waals surface area contributed by atoms with E-state index in [4.69, 9.17) is 4.74 Å². The number of carbonyl (C=O) groups is 3. The van der Waals surface area contributed by atoms with Crippen LogP contribution in [0.4, 0.5) is 16.2 Å². The lowest BCUT2D eigenvalue weighted by Gasteiger charge is -2.26. The SMILES string of the molecule is CCC(=O)NC(CCN(CCCn1ccnc1)CCC(=O)O)c1ccc(NC(=O)Nc2ccccc2C)c(OC)c1. The minimum absolute atomic E-state index is 0.0375. The van der Waals surface area contributed by atoms with Crippen LogP contribution in [0.3, 0.4) is 0 Å². The number of imidazole rings is 1. The first-order valence-electron chi connectivity index (χ1n) is 13.8. The number of hydrogen-bond acceptors (Lipinski definition) is 6. The summed E-state index contributed by atoms with van der Waals surface area (Å²) < 4.78 is 7.57. The highest BCUT2D eigenvalue weighted by atomic mass is 16.5. The van der Waals surface area contributed by atoms with Crippen molar-refractivity contribution in [1.29, 1.82) is 0 Å². The molecule has 0 saturated heterocycles. The Balaban J connectivity index is 1.70. The van der Waals surface area contributed by atoms with E-state index in [0.717, 1.165) is 24.1 Å². The van der Waals surface area contributed by atoms with Crippen molar-refractivity contribution in [3.8, 4) is 5.75 Å². The van der Waals surface area contributed by atoms with Gasteiger partial charge in [-0.1, -0.05) is 31.2 Å². The van der Waals surface area contributed by atoms with E-state index < -0.39 is 12.0 Å². The third kappa shape index (κ3) is 10.3. The van der Waals surface area contributed by atoms with Gasteiger partial charge in [-0.2, -0.15) is 0 Å². The van der Waals surface area contributed by atoms with Crippen LogP contribution in [0.2, 0.25) is 0 Å². The minimum atomic E-state index is -0.847. The molecule has 1 heterocycles. The zero-order valence-electron chi connectivity index (χ0n) is 23.9. The van der Waals surface area contributed by atoms with Crippen LogP contribution in [-0.2, 0) is 16.1 Å². The number of carboxylic acids is 1. The monoisotopic (exact) mass is 564 g/mol. The lowest BCUT2D eigenvalue weighted by molar-refractivity contribution is -0.137. The fraction of sp³-hybridized carbons (Fsp3) is 0.400. The Morgan fingerprint density at radius 3 is 2.54 bits per heavy atom. The van der Waals surface area contributed by atoms with E-state index in [9.17, 15) is 19.5 Å². The van der Waals surface area contributed by atoms with Gasteiger partial charge in [-0.05, 0) is 55.6 Å². The Kier molecular flexibility index (Phi) is 12.2. The van der Waals surface area contributed by atoms with Gasteiger partial charge in [0.1, 0.15) is 5.75 Å². The van der Waals surface area contributed by atoms with Gasteiger partial charge >= 0.3 is 12.0 Å². The van der Waals surface area contributed by atoms with E-state index in [2.05, 4.69) is 25.8 Å². The average molecular weight is 565 g/mol. The highest BCUT2D eigenvalue weighted by molar-refractivity contribution is 6.01. The topological polar surface area (TPSA) is 138 Å². The smallest absolute Gasteiger partial charge is 0.323 e. The van der Waals surface area contributed by atoms with E-state index in [-0.39, 0.29) is 18.4 Å². The summed E-state index contributed by atoms with van der Waals surface area (Å²) in [6.45, 7) is 6.20. The van der Waals surface area contributed by atoms with Crippen LogP contribution in [0.15, 0.2) is 61.2 Å². The summed E-state index contributed by atoms with van der Waals surface area (Å²) in [5.41, 5.74) is 2.97. The molecule has 3 rings (SSSR count). The van der Waals surface area contributed by atoms with E-state index in [1.807, 2.05) is 54.1 Å². The molecule has 0 saturated carbocycles. The predicted molar refractivity (Wildman–Crippen MR) is 158 cm³/mol. The van der Waals surface area contributed by atoms with Gasteiger partial charge in [0, 0.05) is 44.1 Å². The van der Waals surface area contributed by atoms with Crippen molar-refractivity contribution in [2.24, 2.45) is 0 Å². The number of methoxy groups -OCH3 is 1. The maximum absolute atomic E-state index is 12.7. The number of aliphatic carboxylic acids is 1. The number of aromatic nitrogens is 2. The number of para-hydroxylation sites is 1. The molecule has 0 bridgehead atoms. The number of hydrogen-bond donors (Lipinski definition) is 4. The molecule has 1 unspecified atom stereocenters. The molecule has 41 heavy (non-hydrogen) atoms. The third-order valence-corrected chi connectivity index (χ3v) is 6.75. The number of benzene rings is 2. The summed E-state index contributed by atoms with van der Waals surface area (Å²) in [4.78, 5) is 42.5. The molecule has 0 spiro atoms. The molecule has 11 nitrogen and oxygen atoms in total. The summed E-state index contributed by atoms with van der Waals surface area (Å²) in [7, 11) is 1.52. The molecule has 0 fully saturated rings. The molecule has 220 valence electrons. The van der Waals surface area contributed by atoms with Crippen LogP contribution in [0.1, 0.15) is 49.8 Å². The molecule has 11 heteroatoms. The Labute approximate surface area is 240 Å². The number of rotatable bonds is 16. The molecule has 0 aliphatic carbocycles. The van der Waals surface area contributed by atoms with Crippen molar-refractivity contribution in [3.05, 3.63) is 72.3 Å². The van der Waals surface area contributed by atoms with E-state index in [1.54, 1.807) is 25.5 Å². The van der Waals surface area contributed by atoms with Gasteiger partial charge in [0.25, 0.3) is 0 Å². The zero-order chi connectivity index (χ0) is 29.6. The number of aryl methyl sites for hydroxylation is 2. The van der Waals surface area contributed by atoms with Gasteiger partial charge in [-0.3, -0.25) is 9.59 Å². The summed E-state index contributed by atoms with van der Waals surface area (Å²) >= 11 is 0. The number of carboxylic acid groups (broad SMARTS) is 1. The Hall–Kier alpha value is -4.38. The summed E-state index contributed by atoms with van der Waals surface area (Å²) in [6, 6.07) is 12.2. The first kappa shape index (κ1) is 31.2. The molecule has 4 N–H and O–H groups in total. The van der Waals surface area contributed by atoms with Crippen LogP contribution in [0.5, 0.6) is 5.75 Å². The first-order valence-corrected chi connectivity index (χ1v) is 13.8. The van der Waals surface area contributed by atoms with Crippen molar-refractivity contribution in [2.45, 2.75) is 52.1 Å². The highest BCUT2D eigenvalue weighted by Gasteiger charge is 2.19. The Morgan fingerprint density at radius 2 is 1.85 bits per heavy atom. The number of carbonyl (C=O) groups excluding carboxylic acids is 2. The second-order valence-corrected chi connectivity index (χ2v) is 9.76. The molecule has 0 radical (unpaired) electrons. The predicted octanol–water partition coefficient (Wildman–Crippen LogP) is 4.67. The number of anilines is 2. The lowest BCUT2D eigenvalue weighted by atomic mass is 10.0. The molecular weight excluding hydrogens is 524 g/mol. The number of amides is 3. The fourth-order valence-electron chi connectivity index (χ4n) is 4.43. The van der Waals surface area contributed by atoms with Crippen molar-refractivity contribution >= 4 is 29.3 Å². The number of ether oxygens (including phenoxy) is 1. The number of urea groups is 1. The maximum Gasteiger partial charge on any atom is 0.323 e. The molecule has 1 atom stereocenters. The molecule has 0 aliphatic rings. The third-order valence-electron chi connectivity index (χ3n) is 6.75. The highest BCUT2D eigenvalue weighted by Crippen LogP contribution is 2.30. The molecule has 1 aromatic heterocycles. The molecule has 3 aromatic rings. The van der Waals surface area contributed by atoms with Gasteiger partial charge < -0.3 is 35.3 Å². The molecule has 3 amide bonds. The van der Waals surface area contributed by atoms with E-state index in [1.165, 1.54) is 7.11 Å². The number of nitrogens with zero attached hydrogens (tertiary/aromatic N) is 3. The minimum Gasteiger partial charge on any atom is -0.495 e. The Bertz CT molecular complexity index is 1280. The second kappa shape index (κ2) is 16.0. The van der Waals surface area contributed by atoms with Crippen molar-refractivity contribution < 1.29 is 24.2 Å². The Morgan fingerprint density at radius 1 is 1.07 bits per heavy atom. The van der Waals surface area contributed by atoms with Crippen LogP contribution < -0.4 is 20.7 Å². The van der Waals surface area contributed by atoms with Crippen LogP contribution in [-0.4, -0.2) is 64.2 Å². The van der Waals surface area contributed by atoms with Gasteiger partial charge in [-0.25, -0.2) is 9.78 Å². The van der Waals surface area contributed by atoms with Crippen LogP contribution in [0, 0.1) is 6.92 Å². The summed E-state index contributed by atoms with van der Waals surface area (Å²) in [5.74, 6) is -0.480. The zero-order valence-corrected chi connectivity index (χ0v) is 23.9. The average Bonchev–Trinajstić information content (AvgIpc) is 3.48. The molecule has 0 aliphatic heterocycles. The van der Waals surface area contributed by atoms with Crippen molar-refractivity contribution in [1.82, 2.24) is 19.8 Å². The summed E-state index contributed by atoms with van der Waals surface area (Å²) in [5, 5.41) is 18.0.